The van der Waals surface area contributed by atoms with Gasteiger partial charge in [-0.2, -0.15) is 0 Å². The third-order valence-corrected chi connectivity index (χ3v) is 4.72. The summed E-state index contributed by atoms with van der Waals surface area (Å²) in [5.41, 5.74) is 0.590. The van der Waals surface area contributed by atoms with E-state index in [-0.39, 0.29) is 24.5 Å². The molecule has 1 aliphatic rings. The molecule has 0 saturated heterocycles. The average Bonchev–Trinajstić information content (AvgIpc) is 3.21. The molecule has 0 radical (unpaired) electrons. The number of hydrogen-bond acceptors (Lipinski definition) is 5. The van der Waals surface area contributed by atoms with Gasteiger partial charge in [-0.1, -0.05) is 36.6 Å². The van der Waals surface area contributed by atoms with Crippen LogP contribution in [0.4, 0.5) is 16.3 Å². The fourth-order valence-electron chi connectivity index (χ4n) is 3.41. The number of amides is 3. The van der Waals surface area contributed by atoms with Gasteiger partial charge in [-0.05, 0) is 31.9 Å². The Morgan fingerprint density at radius 3 is 2.68 bits per heavy atom. The maximum atomic E-state index is 13.1. The summed E-state index contributed by atoms with van der Waals surface area (Å²) in [5, 5.41) is 9.23. The zero-order valence-corrected chi connectivity index (χ0v) is 16.0. The van der Waals surface area contributed by atoms with Crippen LogP contribution >= 0.6 is 0 Å². The van der Waals surface area contributed by atoms with E-state index in [4.69, 9.17) is 9.26 Å². The highest BCUT2D eigenvalue weighted by molar-refractivity contribution is 5.97. The van der Waals surface area contributed by atoms with E-state index in [0.717, 1.165) is 32.1 Å². The van der Waals surface area contributed by atoms with Crippen molar-refractivity contribution in [3.8, 4) is 5.75 Å². The fourth-order valence-corrected chi connectivity index (χ4v) is 3.41. The molecule has 0 spiro atoms. The minimum Gasteiger partial charge on any atom is -0.492 e. The first-order valence-electron chi connectivity index (χ1n) is 9.67. The second-order valence-corrected chi connectivity index (χ2v) is 6.71. The molecule has 28 heavy (non-hydrogen) atoms. The molecule has 0 bridgehead atoms. The molecule has 150 valence electrons. The van der Waals surface area contributed by atoms with Gasteiger partial charge in [0.1, 0.15) is 18.6 Å². The summed E-state index contributed by atoms with van der Waals surface area (Å²) in [6, 6.07) is 8.55. The maximum Gasteiger partial charge on any atom is 0.322 e. The summed E-state index contributed by atoms with van der Waals surface area (Å²) in [6.45, 7) is 2.33. The molecule has 1 fully saturated rings. The van der Waals surface area contributed by atoms with Gasteiger partial charge in [0.2, 0.25) is 5.91 Å². The van der Waals surface area contributed by atoms with Crippen LogP contribution in [0, 0.1) is 0 Å². The number of rotatable bonds is 7. The Balaban J connectivity index is 1.72. The summed E-state index contributed by atoms with van der Waals surface area (Å²) in [5.74, 6) is 0.623. The number of aromatic nitrogens is 1. The van der Waals surface area contributed by atoms with E-state index in [1.807, 2.05) is 19.1 Å². The van der Waals surface area contributed by atoms with Gasteiger partial charge in [0, 0.05) is 12.1 Å². The smallest absolute Gasteiger partial charge is 0.322 e. The molecule has 1 aromatic heterocycles. The van der Waals surface area contributed by atoms with E-state index in [1.54, 1.807) is 23.1 Å². The third-order valence-electron chi connectivity index (χ3n) is 4.72. The number of carbonyl (C=O) groups is 2. The van der Waals surface area contributed by atoms with Gasteiger partial charge in [0.15, 0.2) is 5.82 Å². The third kappa shape index (κ3) is 5.25. The van der Waals surface area contributed by atoms with Crippen LogP contribution in [0.2, 0.25) is 0 Å². The Morgan fingerprint density at radius 1 is 1.18 bits per heavy atom. The maximum absolute atomic E-state index is 13.1. The number of urea groups is 1. The van der Waals surface area contributed by atoms with Crippen molar-refractivity contribution in [3.63, 3.8) is 0 Å². The lowest BCUT2D eigenvalue weighted by molar-refractivity contribution is -0.117. The quantitative estimate of drug-likeness (QED) is 0.753. The van der Waals surface area contributed by atoms with Crippen molar-refractivity contribution in [1.82, 2.24) is 10.1 Å². The van der Waals surface area contributed by atoms with Crippen LogP contribution in [0.25, 0.3) is 0 Å². The molecule has 2 aromatic rings. The molecule has 1 heterocycles. The van der Waals surface area contributed by atoms with Gasteiger partial charge in [-0.3, -0.25) is 4.79 Å². The molecule has 0 unspecified atom stereocenters. The predicted molar refractivity (Wildman–Crippen MR) is 105 cm³/mol. The van der Waals surface area contributed by atoms with Gasteiger partial charge in [-0.25, -0.2) is 4.79 Å². The molecule has 3 amide bonds. The Bertz CT molecular complexity index is 772. The summed E-state index contributed by atoms with van der Waals surface area (Å²) >= 11 is 0. The van der Waals surface area contributed by atoms with Crippen molar-refractivity contribution >= 4 is 23.4 Å². The van der Waals surface area contributed by atoms with Gasteiger partial charge >= 0.3 is 6.03 Å². The average molecular weight is 386 g/mol. The first kappa shape index (κ1) is 19.7. The lowest BCUT2D eigenvalue weighted by Gasteiger charge is -2.34. The number of carbonyl (C=O) groups excluding carboxylic acids is 2. The highest BCUT2D eigenvalue weighted by Gasteiger charge is 2.28. The SMILES string of the molecule is CCOc1ccccc1NC(=O)N(CC(=O)Nc1ccon1)C1CCCCC1. The van der Waals surface area contributed by atoms with Crippen molar-refractivity contribution in [2.24, 2.45) is 0 Å². The highest BCUT2D eigenvalue weighted by Crippen LogP contribution is 2.26. The van der Waals surface area contributed by atoms with Crippen molar-refractivity contribution in [3.05, 3.63) is 36.6 Å². The first-order chi connectivity index (χ1) is 13.7. The second-order valence-electron chi connectivity index (χ2n) is 6.71. The number of nitrogens with zero attached hydrogens (tertiary/aromatic N) is 2. The minimum absolute atomic E-state index is 0.0241. The monoisotopic (exact) mass is 386 g/mol. The van der Waals surface area contributed by atoms with E-state index < -0.39 is 0 Å². The van der Waals surface area contributed by atoms with E-state index in [1.165, 1.54) is 6.26 Å². The fraction of sp³-hybridized carbons (Fsp3) is 0.450. The molecule has 8 heteroatoms. The van der Waals surface area contributed by atoms with Crippen LogP contribution in [-0.4, -0.2) is 41.2 Å². The van der Waals surface area contributed by atoms with Crippen LogP contribution in [0.1, 0.15) is 39.0 Å². The summed E-state index contributed by atoms with van der Waals surface area (Å²) < 4.78 is 10.3. The zero-order chi connectivity index (χ0) is 19.8. The van der Waals surface area contributed by atoms with Gasteiger partial charge in [0.25, 0.3) is 0 Å². The molecule has 1 aromatic carbocycles. The van der Waals surface area contributed by atoms with Gasteiger partial charge < -0.3 is 24.8 Å². The molecule has 0 atom stereocenters. The number of para-hydroxylation sites is 2. The lowest BCUT2D eigenvalue weighted by atomic mass is 9.94. The van der Waals surface area contributed by atoms with Crippen molar-refractivity contribution in [1.29, 1.82) is 0 Å². The largest absolute Gasteiger partial charge is 0.492 e. The normalized spacial score (nSPS) is 14.3. The second kappa shape index (κ2) is 9.77. The van der Waals surface area contributed by atoms with Crippen LogP contribution < -0.4 is 15.4 Å². The Labute approximate surface area is 164 Å². The zero-order valence-electron chi connectivity index (χ0n) is 16.0. The summed E-state index contributed by atoms with van der Waals surface area (Å²) in [6.07, 6.45) is 6.41. The van der Waals surface area contributed by atoms with Crippen molar-refractivity contribution in [2.45, 2.75) is 45.1 Å². The minimum atomic E-state index is -0.312. The molecular formula is C20H26N4O4. The molecule has 1 aliphatic carbocycles. The van der Waals surface area contributed by atoms with Crippen LogP contribution in [0.15, 0.2) is 41.1 Å². The summed E-state index contributed by atoms with van der Waals surface area (Å²) in [7, 11) is 0. The standard InChI is InChI=1S/C20H26N4O4/c1-2-27-17-11-7-6-10-16(17)21-20(26)24(15-8-4-3-5-9-15)14-19(25)22-18-12-13-28-23-18/h6-7,10-13,15H,2-5,8-9,14H2,1H3,(H,21,26)(H,22,23,25). The Morgan fingerprint density at radius 2 is 1.96 bits per heavy atom. The number of hydrogen-bond donors (Lipinski definition) is 2. The van der Waals surface area contributed by atoms with Gasteiger partial charge in [0.05, 0.1) is 12.3 Å². The number of benzene rings is 1. The number of ether oxygens (including phenoxy) is 1. The van der Waals surface area contributed by atoms with E-state index >= 15 is 0 Å². The predicted octanol–water partition coefficient (Wildman–Crippen LogP) is 3.88. The lowest BCUT2D eigenvalue weighted by Crippen LogP contribution is -2.47. The Kier molecular flexibility index (Phi) is 6.89. The van der Waals surface area contributed by atoms with E-state index in [9.17, 15) is 9.59 Å². The van der Waals surface area contributed by atoms with E-state index in [2.05, 4.69) is 15.8 Å². The molecule has 3 rings (SSSR count). The number of anilines is 2. The highest BCUT2D eigenvalue weighted by atomic mass is 16.5. The summed E-state index contributed by atoms with van der Waals surface area (Å²) in [4.78, 5) is 27.1. The Hall–Kier alpha value is -3.03. The van der Waals surface area contributed by atoms with Crippen molar-refractivity contribution in [2.75, 3.05) is 23.8 Å². The molecule has 2 N–H and O–H groups in total. The van der Waals surface area contributed by atoms with Crippen LogP contribution in [0.3, 0.4) is 0 Å². The van der Waals surface area contributed by atoms with Gasteiger partial charge in [-0.15, -0.1) is 0 Å². The van der Waals surface area contributed by atoms with Crippen molar-refractivity contribution < 1.29 is 18.8 Å². The van der Waals surface area contributed by atoms with Crippen LogP contribution in [-0.2, 0) is 4.79 Å². The van der Waals surface area contributed by atoms with E-state index in [0.29, 0.717) is 23.9 Å². The molecular weight excluding hydrogens is 360 g/mol. The molecule has 1 saturated carbocycles. The van der Waals surface area contributed by atoms with Crippen LogP contribution in [0.5, 0.6) is 5.75 Å². The number of nitrogens with one attached hydrogen (secondary N) is 2. The topological polar surface area (TPSA) is 96.7 Å². The first-order valence-corrected chi connectivity index (χ1v) is 9.67. The molecule has 0 aliphatic heterocycles. The molecule has 8 nitrogen and oxygen atoms in total.